The summed E-state index contributed by atoms with van der Waals surface area (Å²) in [6.45, 7) is 0.848. The SMILES string of the molecule is O=C(O)Cc1ccc2ccn(CC3C=C(Cl)C=CC3)c2c1. The number of carboxylic acid groups (broad SMARTS) is 1. The lowest BCUT2D eigenvalue weighted by Gasteiger charge is -2.16. The molecule has 0 radical (unpaired) electrons. The zero-order valence-corrected chi connectivity index (χ0v) is 12.3. The highest BCUT2D eigenvalue weighted by molar-refractivity contribution is 6.31. The fraction of sp³-hybridized carbons (Fsp3) is 0.235. The van der Waals surface area contributed by atoms with E-state index in [1.54, 1.807) is 0 Å². The second kappa shape index (κ2) is 5.78. The highest BCUT2D eigenvalue weighted by atomic mass is 35.5. The molecule has 0 saturated carbocycles. The lowest BCUT2D eigenvalue weighted by atomic mass is 10.0. The molecule has 108 valence electrons. The van der Waals surface area contributed by atoms with Gasteiger partial charge in [0.1, 0.15) is 0 Å². The molecule has 0 amide bonds. The van der Waals surface area contributed by atoms with E-state index in [1.807, 2.05) is 24.3 Å². The molecule has 21 heavy (non-hydrogen) atoms. The van der Waals surface area contributed by atoms with Crippen molar-refractivity contribution in [2.24, 2.45) is 5.92 Å². The molecule has 1 aliphatic carbocycles. The Morgan fingerprint density at radius 1 is 1.38 bits per heavy atom. The van der Waals surface area contributed by atoms with Crippen molar-refractivity contribution < 1.29 is 9.90 Å². The number of halogens is 1. The number of aromatic nitrogens is 1. The van der Waals surface area contributed by atoms with E-state index in [2.05, 4.69) is 29.0 Å². The van der Waals surface area contributed by atoms with Gasteiger partial charge in [-0.15, -0.1) is 0 Å². The highest BCUT2D eigenvalue weighted by Gasteiger charge is 2.11. The van der Waals surface area contributed by atoms with Crippen LogP contribution >= 0.6 is 11.6 Å². The van der Waals surface area contributed by atoms with Crippen LogP contribution in [0.3, 0.4) is 0 Å². The van der Waals surface area contributed by atoms with Crippen LogP contribution < -0.4 is 0 Å². The Kier molecular flexibility index (Phi) is 3.84. The topological polar surface area (TPSA) is 42.2 Å². The van der Waals surface area contributed by atoms with Gasteiger partial charge in [-0.3, -0.25) is 4.79 Å². The van der Waals surface area contributed by atoms with E-state index >= 15 is 0 Å². The number of benzene rings is 1. The zero-order chi connectivity index (χ0) is 14.8. The fourth-order valence-electron chi connectivity index (χ4n) is 2.76. The first-order valence-corrected chi connectivity index (χ1v) is 7.33. The Morgan fingerprint density at radius 3 is 3.00 bits per heavy atom. The van der Waals surface area contributed by atoms with Crippen LogP contribution in [0.2, 0.25) is 0 Å². The molecule has 1 heterocycles. The minimum absolute atomic E-state index is 0.0546. The third-order valence-electron chi connectivity index (χ3n) is 3.74. The average Bonchev–Trinajstić information content (AvgIpc) is 2.81. The van der Waals surface area contributed by atoms with E-state index in [0.717, 1.165) is 34.5 Å². The molecule has 3 nitrogen and oxygen atoms in total. The van der Waals surface area contributed by atoms with E-state index in [4.69, 9.17) is 16.7 Å². The minimum Gasteiger partial charge on any atom is -0.481 e. The van der Waals surface area contributed by atoms with Crippen LogP contribution in [0.4, 0.5) is 0 Å². The lowest BCUT2D eigenvalue weighted by Crippen LogP contribution is -2.09. The molecule has 0 aliphatic heterocycles. The van der Waals surface area contributed by atoms with Crippen LogP contribution in [-0.4, -0.2) is 15.6 Å². The number of rotatable bonds is 4. The standard InChI is InChI=1S/C17H16ClNO2/c18-15-3-1-2-13(8-15)11-19-7-6-14-5-4-12(9-16(14)19)10-17(20)21/h1,3-9,13H,2,10-11H2,(H,20,21). The summed E-state index contributed by atoms with van der Waals surface area (Å²) in [6.07, 6.45) is 9.18. The average molecular weight is 302 g/mol. The fourth-order valence-corrected chi connectivity index (χ4v) is 3.02. The molecule has 3 rings (SSSR count). The van der Waals surface area contributed by atoms with E-state index in [-0.39, 0.29) is 6.42 Å². The van der Waals surface area contributed by atoms with Gasteiger partial charge in [-0.25, -0.2) is 0 Å². The number of nitrogens with zero attached hydrogens (tertiary/aromatic N) is 1. The van der Waals surface area contributed by atoms with Crippen LogP contribution in [0, 0.1) is 5.92 Å². The molecule has 1 aliphatic rings. The lowest BCUT2D eigenvalue weighted by molar-refractivity contribution is -0.136. The molecule has 1 atom stereocenters. The van der Waals surface area contributed by atoms with Gasteiger partial charge in [0.05, 0.1) is 6.42 Å². The van der Waals surface area contributed by atoms with Gasteiger partial charge < -0.3 is 9.67 Å². The molecule has 4 heteroatoms. The summed E-state index contributed by atoms with van der Waals surface area (Å²) in [6, 6.07) is 7.88. The Bertz CT molecular complexity index is 742. The van der Waals surface area contributed by atoms with Crippen LogP contribution in [0.5, 0.6) is 0 Å². The Labute approximate surface area is 128 Å². The molecule has 0 bridgehead atoms. The normalized spacial score (nSPS) is 18.0. The van der Waals surface area contributed by atoms with Crippen molar-refractivity contribution in [1.29, 1.82) is 0 Å². The quantitative estimate of drug-likeness (QED) is 0.928. The molecule has 0 fully saturated rings. The number of hydrogen-bond donors (Lipinski definition) is 1. The van der Waals surface area contributed by atoms with Gasteiger partial charge in [-0.2, -0.15) is 0 Å². The summed E-state index contributed by atoms with van der Waals surface area (Å²) in [4.78, 5) is 10.8. The van der Waals surface area contributed by atoms with Crippen molar-refractivity contribution >= 4 is 28.5 Å². The molecule has 0 spiro atoms. The third-order valence-corrected chi connectivity index (χ3v) is 3.99. The van der Waals surface area contributed by atoms with Gasteiger partial charge in [0, 0.05) is 23.3 Å². The summed E-state index contributed by atoms with van der Waals surface area (Å²) in [7, 11) is 0. The summed E-state index contributed by atoms with van der Waals surface area (Å²) < 4.78 is 2.17. The molecule has 1 aromatic carbocycles. The van der Waals surface area contributed by atoms with Crippen LogP contribution in [-0.2, 0) is 17.8 Å². The van der Waals surface area contributed by atoms with E-state index in [9.17, 15) is 4.79 Å². The first-order chi connectivity index (χ1) is 10.1. The van der Waals surface area contributed by atoms with E-state index < -0.39 is 5.97 Å². The summed E-state index contributed by atoms with van der Waals surface area (Å²) in [5.74, 6) is -0.430. The molecular formula is C17H16ClNO2. The maximum absolute atomic E-state index is 10.8. The zero-order valence-electron chi connectivity index (χ0n) is 11.5. The van der Waals surface area contributed by atoms with Gasteiger partial charge in [0.15, 0.2) is 0 Å². The number of carbonyl (C=O) groups is 1. The highest BCUT2D eigenvalue weighted by Crippen LogP contribution is 2.24. The van der Waals surface area contributed by atoms with Gasteiger partial charge in [0.2, 0.25) is 0 Å². The number of aliphatic carboxylic acids is 1. The second-order valence-corrected chi connectivity index (χ2v) is 5.82. The van der Waals surface area contributed by atoms with Gasteiger partial charge >= 0.3 is 5.97 Å². The molecule has 1 aromatic heterocycles. The monoisotopic (exact) mass is 301 g/mol. The predicted molar refractivity (Wildman–Crippen MR) is 84.5 cm³/mol. The second-order valence-electron chi connectivity index (χ2n) is 5.38. The summed E-state index contributed by atoms with van der Waals surface area (Å²) in [5, 5.41) is 10.8. The third kappa shape index (κ3) is 3.19. The molecule has 1 N–H and O–H groups in total. The number of carboxylic acids is 1. The first-order valence-electron chi connectivity index (χ1n) is 6.95. The van der Waals surface area contributed by atoms with Crippen LogP contribution in [0.25, 0.3) is 10.9 Å². The Balaban J connectivity index is 1.88. The summed E-state index contributed by atoms with van der Waals surface area (Å²) >= 11 is 6.05. The number of allylic oxidation sites excluding steroid dienone is 4. The van der Waals surface area contributed by atoms with Crippen molar-refractivity contribution in [1.82, 2.24) is 4.57 Å². The largest absolute Gasteiger partial charge is 0.481 e. The number of hydrogen-bond acceptors (Lipinski definition) is 1. The van der Waals surface area contributed by atoms with Crippen molar-refractivity contribution in [3.05, 3.63) is 59.3 Å². The minimum atomic E-state index is -0.806. The van der Waals surface area contributed by atoms with Gasteiger partial charge in [-0.05, 0) is 41.5 Å². The van der Waals surface area contributed by atoms with E-state index in [1.165, 1.54) is 0 Å². The maximum Gasteiger partial charge on any atom is 0.307 e. The van der Waals surface area contributed by atoms with Crippen molar-refractivity contribution in [2.75, 3.05) is 0 Å². The Hall–Kier alpha value is -2.00. The molecule has 0 saturated heterocycles. The molecule has 1 unspecified atom stereocenters. The van der Waals surface area contributed by atoms with Crippen molar-refractivity contribution in [3.63, 3.8) is 0 Å². The van der Waals surface area contributed by atoms with Gasteiger partial charge in [0.25, 0.3) is 0 Å². The molecular weight excluding hydrogens is 286 g/mol. The van der Waals surface area contributed by atoms with Crippen molar-refractivity contribution in [2.45, 2.75) is 19.4 Å². The van der Waals surface area contributed by atoms with E-state index in [0.29, 0.717) is 5.92 Å². The van der Waals surface area contributed by atoms with Crippen LogP contribution in [0.15, 0.2) is 53.7 Å². The summed E-state index contributed by atoms with van der Waals surface area (Å²) in [5.41, 5.74) is 1.90. The van der Waals surface area contributed by atoms with Gasteiger partial charge in [-0.1, -0.05) is 35.9 Å². The first kappa shape index (κ1) is 14.0. The predicted octanol–water partition coefficient (Wildman–Crippen LogP) is 3.97. The smallest absolute Gasteiger partial charge is 0.307 e. The maximum atomic E-state index is 10.8. The van der Waals surface area contributed by atoms with Crippen LogP contribution in [0.1, 0.15) is 12.0 Å². The Morgan fingerprint density at radius 2 is 2.24 bits per heavy atom. The van der Waals surface area contributed by atoms with Crippen molar-refractivity contribution in [3.8, 4) is 0 Å². The molecule has 2 aromatic rings. The number of fused-ring (bicyclic) bond motifs is 1.